The van der Waals surface area contributed by atoms with E-state index in [1.807, 2.05) is 19.1 Å². The second kappa shape index (κ2) is 6.55. The van der Waals surface area contributed by atoms with Crippen molar-refractivity contribution in [3.63, 3.8) is 0 Å². The standard InChI is InChI=1S/C18H13F3N2O3/c1-11-5-7-14(8-6-11)23-15(10-16(22-23)26-17(24)25)12-3-2-4-13(9-12)18(19,20)21/h2-10H,1H3,(H,24,25). The summed E-state index contributed by atoms with van der Waals surface area (Å²) in [6, 6.07) is 13.1. The number of hydrogen-bond donors (Lipinski definition) is 1. The normalized spacial score (nSPS) is 11.4. The van der Waals surface area contributed by atoms with E-state index in [9.17, 15) is 18.0 Å². The molecule has 1 N–H and O–H groups in total. The smallest absolute Gasteiger partial charge is 0.449 e. The van der Waals surface area contributed by atoms with Gasteiger partial charge in [0.25, 0.3) is 0 Å². The zero-order valence-electron chi connectivity index (χ0n) is 13.5. The number of carbonyl (C=O) groups is 1. The van der Waals surface area contributed by atoms with Gasteiger partial charge in [-0.1, -0.05) is 29.8 Å². The van der Waals surface area contributed by atoms with Gasteiger partial charge in [0.1, 0.15) is 0 Å². The molecule has 134 valence electrons. The molecule has 0 unspecified atom stereocenters. The number of aryl methyl sites for hydroxylation is 1. The Kier molecular flexibility index (Phi) is 4.41. The summed E-state index contributed by atoms with van der Waals surface area (Å²) in [5.74, 6) is -0.231. The lowest BCUT2D eigenvalue weighted by Crippen LogP contribution is -2.06. The molecule has 0 aliphatic rings. The Morgan fingerprint density at radius 2 is 1.81 bits per heavy atom. The molecule has 3 rings (SSSR count). The molecule has 5 nitrogen and oxygen atoms in total. The number of rotatable bonds is 3. The maximum atomic E-state index is 13.0. The molecule has 0 bridgehead atoms. The molecule has 0 atom stereocenters. The third kappa shape index (κ3) is 3.69. The van der Waals surface area contributed by atoms with E-state index in [2.05, 4.69) is 9.84 Å². The van der Waals surface area contributed by atoms with Crippen molar-refractivity contribution in [3.8, 4) is 22.8 Å². The highest BCUT2D eigenvalue weighted by Gasteiger charge is 2.30. The lowest BCUT2D eigenvalue weighted by Gasteiger charge is -2.10. The third-order valence-electron chi connectivity index (χ3n) is 3.64. The summed E-state index contributed by atoms with van der Waals surface area (Å²) in [5, 5.41) is 12.8. The molecule has 0 fully saturated rings. The third-order valence-corrected chi connectivity index (χ3v) is 3.64. The summed E-state index contributed by atoms with van der Waals surface area (Å²) < 4.78 is 44.9. The molecule has 0 radical (unpaired) electrons. The largest absolute Gasteiger partial charge is 0.512 e. The summed E-state index contributed by atoms with van der Waals surface area (Å²) >= 11 is 0. The lowest BCUT2D eigenvalue weighted by atomic mass is 10.1. The molecule has 0 aliphatic carbocycles. The van der Waals surface area contributed by atoms with Crippen LogP contribution in [0, 0.1) is 6.92 Å². The van der Waals surface area contributed by atoms with Crippen molar-refractivity contribution in [1.29, 1.82) is 0 Å². The predicted molar refractivity (Wildman–Crippen MR) is 87.4 cm³/mol. The molecular weight excluding hydrogens is 349 g/mol. The highest BCUT2D eigenvalue weighted by molar-refractivity contribution is 5.67. The van der Waals surface area contributed by atoms with Crippen LogP contribution < -0.4 is 4.74 Å². The second-order valence-corrected chi connectivity index (χ2v) is 5.56. The van der Waals surface area contributed by atoms with Crippen LogP contribution in [-0.4, -0.2) is 21.0 Å². The summed E-state index contributed by atoms with van der Waals surface area (Å²) in [7, 11) is 0. The molecule has 0 amide bonds. The number of benzene rings is 2. The molecule has 0 spiro atoms. The highest BCUT2D eigenvalue weighted by Crippen LogP contribution is 2.34. The van der Waals surface area contributed by atoms with Gasteiger partial charge in [0.05, 0.1) is 16.9 Å². The van der Waals surface area contributed by atoms with Gasteiger partial charge in [0.2, 0.25) is 5.88 Å². The van der Waals surface area contributed by atoms with Crippen molar-refractivity contribution in [3.05, 3.63) is 65.7 Å². The highest BCUT2D eigenvalue weighted by atomic mass is 19.4. The van der Waals surface area contributed by atoms with Crippen LogP contribution in [0.3, 0.4) is 0 Å². The quantitative estimate of drug-likeness (QED) is 0.672. The van der Waals surface area contributed by atoms with Crippen LogP contribution in [0.15, 0.2) is 54.6 Å². The van der Waals surface area contributed by atoms with Crippen LogP contribution in [-0.2, 0) is 6.18 Å². The van der Waals surface area contributed by atoms with E-state index in [1.54, 1.807) is 12.1 Å². The first-order valence-electron chi connectivity index (χ1n) is 7.49. The van der Waals surface area contributed by atoms with E-state index in [4.69, 9.17) is 5.11 Å². The SMILES string of the molecule is Cc1ccc(-n2nc(OC(=O)O)cc2-c2cccc(C(F)(F)F)c2)cc1. The van der Waals surface area contributed by atoms with Gasteiger partial charge in [0.15, 0.2) is 0 Å². The average Bonchev–Trinajstić information content (AvgIpc) is 2.98. The minimum atomic E-state index is -4.49. The first kappa shape index (κ1) is 17.5. The van der Waals surface area contributed by atoms with Crippen LogP contribution in [0.2, 0.25) is 0 Å². The maximum absolute atomic E-state index is 13.0. The fraction of sp³-hybridized carbons (Fsp3) is 0.111. The minimum absolute atomic E-state index is 0.230. The van der Waals surface area contributed by atoms with E-state index in [0.717, 1.165) is 17.7 Å². The van der Waals surface area contributed by atoms with Crippen molar-refractivity contribution in [2.24, 2.45) is 0 Å². The van der Waals surface area contributed by atoms with Crippen molar-refractivity contribution in [2.45, 2.75) is 13.1 Å². The Labute approximate surface area is 146 Å². The van der Waals surface area contributed by atoms with Gasteiger partial charge < -0.3 is 9.84 Å². The number of aromatic nitrogens is 2. The zero-order valence-corrected chi connectivity index (χ0v) is 13.5. The number of hydrogen-bond acceptors (Lipinski definition) is 3. The molecule has 1 aromatic heterocycles. The Hall–Kier alpha value is -3.29. The topological polar surface area (TPSA) is 64.4 Å². The van der Waals surface area contributed by atoms with Gasteiger partial charge in [-0.3, -0.25) is 0 Å². The van der Waals surface area contributed by atoms with Gasteiger partial charge in [-0.15, -0.1) is 5.10 Å². The second-order valence-electron chi connectivity index (χ2n) is 5.56. The molecule has 3 aromatic rings. The van der Waals surface area contributed by atoms with E-state index in [1.165, 1.54) is 22.9 Å². The van der Waals surface area contributed by atoms with Crippen molar-refractivity contribution in [2.75, 3.05) is 0 Å². The van der Waals surface area contributed by atoms with E-state index < -0.39 is 17.9 Å². The monoisotopic (exact) mass is 362 g/mol. The van der Waals surface area contributed by atoms with Gasteiger partial charge in [0, 0.05) is 11.6 Å². The molecule has 0 aliphatic heterocycles. The Bertz CT molecular complexity index is 947. The molecule has 0 saturated carbocycles. The molecule has 8 heteroatoms. The summed E-state index contributed by atoms with van der Waals surface area (Å²) in [5.41, 5.74) is 1.24. The number of carboxylic acid groups (broad SMARTS) is 1. The van der Waals surface area contributed by atoms with E-state index in [0.29, 0.717) is 5.69 Å². The summed E-state index contributed by atoms with van der Waals surface area (Å²) in [6.07, 6.45) is -6.06. The Balaban J connectivity index is 2.15. The van der Waals surface area contributed by atoms with Crippen molar-refractivity contribution < 1.29 is 27.8 Å². The van der Waals surface area contributed by atoms with E-state index in [-0.39, 0.29) is 17.1 Å². The lowest BCUT2D eigenvalue weighted by molar-refractivity contribution is -0.137. The summed E-state index contributed by atoms with van der Waals surface area (Å²) in [6.45, 7) is 1.89. The molecule has 1 heterocycles. The van der Waals surface area contributed by atoms with Crippen LogP contribution in [0.25, 0.3) is 16.9 Å². The molecule has 0 saturated heterocycles. The van der Waals surface area contributed by atoms with Crippen LogP contribution in [0.1, 0.15) is 11.1 Å². The van der Waals surface area contributed by atoms with Crippen molar-refractivity contribution in [1.82, 2.24) is 9.78 Å². The number of nitrogens with zero attached hydrogens (tertiary/aromatic N) is 2. The number of alkyl halides is 3. The van der Waals surface area contributed by atoms with Gasteiger partial charge in [-0.05, 0) is 31.2 Å². The van der Waals surface area contributed by atoms with E-state index >= 15 is 0 Å². The minimum Gasteiger partial charge on any atom is -0.449 e. The first-order chi connectivity index (χ1) is 12.2. The molecule has 26 heavy (non-hydrogen) atoms. The fourth-order valence-electron chi connectivity index (χ4n) is 2.44. The summed E-state index contributed by atoms with van der Waals surface area (Å²) in [4.78, 5) is 10.8. The zero-order chi connectivity index (χ0) is 18.9. The number of halogens is 3. The fourth-order valence-corrected chi connectivity index (χ4v) is 2.44. The number of ether oxygens (including phenoxy) is 1. The van der Waals surface area contributed by atoms with Crippen LogP contribution in [0.4, 0.5) is 18.0 Å². The van der Waals surface area contributed by atoms with Crippen molar-refractivity contribution >= 4 is 6.16 Å². The van der Waals surface area contributed by atoms with Gasteiger partial charge >= 0.3 is 12.3 Å². The van der Waals surface area contributed by atoms with Crippen LogP contribution in [0.5, 0.6) is 5.88 Å². The Morgan fingerprint density at radius 3 is 2.42 bits per heavy atom. The van der Waals surface area contributed by atoms with Crippen LogP contribution >= 0.6 is 0 Å². The Morgan fingerprint density at radius 1 is 1.12 bits per heavy atom. The first-order valence-corrected chi connectivity index (χ1v) is 7.49. The average molecular weight is 362 g/mol. The maximum Gasteiger partial charge on any atom is 0.512 e. The molecule has 2 aromatic carbocycles. The molecular formula is C18H13F3N2O3. The van der Waals surface area contributed by atoms with Gasteiger partial charge in [-0.2, -0.15) is 13.2 Å². The predicted octanol–water partition coefficient (Wildman–Crippen LogP) is 4.92. The van der Waals surface area contributed by atoms with Gasteiger partial charge in [-0.25, -0.2) is 9.48 Å².